The van der Waals surface area contributed by atoms with E-state index in [-0.39, 0.29) is 50.2 Å². The Balaban J connectivity index is 0.000000404. The van der Waals surface area contributed by atoms with E-state index in [2.05, 4.69) is 0 Å². The van der Waals surface area contributed by atoms with E-state index in [1.807, 2.05) is 33.9 Å². The molecule has 2 rings (SSSR count). The molecule has 2 aliphatic rings. The van der Waals surface area contributed by atoms with Crippen LogP contribution in [-0.2, 0) is 14.0 Å². The summed E-state index contributed by atoms with van der Waals surface area (Å²) >= 11 is 0. The maximum absolute atomic E-state index is 13.4. The number of halogens is 6. The van der Waals surface area contributed by atoms with Gasteiger partial charge in [-0.25, -0.2) is 0 Å². The van der Waals surface area contributed by atoms with Crippen molar-refractivity contribution in [2.75, 3.05) is 13.2 Å². The van der Waals surface area contributed by atoms with Gasteiger partial charge in [-0.05, 0) is 57.2 Å². The minimum atomic E-state index is -4.35. The molecule has 2 atom stereocenters. The standard InChI is InChI=1S/C15H27F3O3Si.C7H11F3O2/c1-7-20-12(19)10-11(14(8-9-14)15(16,17)18)21-22(5,6)13(2,3)4;8-7(9,10)6(2-3-6)5(12)1-4-11/h11H,7-10H2,1-6H3;5,11-12H,1-4H2. The minimum absolute atomic E-state index is 0.0162. The average Bonchev–Trinajstić information content (AvgIpc) is 3.52. The third-order valence-electron chi connectivity index (χ3n) is 7.26. The fourth-order valence-corrected chi connectivity index (χ4v) is 4.89. The van der Waals surface area contributed by atoms with Gasteiger partial charge in [-0.15, -0.1) is 0 Å². The van der Waals surface area contributed by atoms with Crippen molar-refractivity contribution in [1.29, 1.82) is 0 Å². The van der Waals surface area contributed by atoms with Crippen LogP contribution in [0.5, 0.6) is 0 Å². The lowest BCUT2D eigenvalue weighted by atomic mass is 9.96. The Bertz CT molecular complexity index is 679. The van der Waals surface area contributed by atoms with Crippen molar-refractivity contribution in [2.24, 2.45) is 10.8 Å². The van der Waals surface area contributed by atoms with Crippen LogP contribution in [0.4, 0.5) is 26.3 Å². The molecule has 0 spiro atoms. The molecule has 2 fully saturated rings. The smallest absolute Gasteiger partial charge is 0.396 e. The number of hydrogen-bond acceptors (Lipinski definition) is 5. The van der Waals surface area contributed by atoms with Crippen LogP contribution >= 0.6 is 0 Å². The van der Waals surface area contributed by atoms with Crippen molar-refractivity contribution in [1.82, 2.24) is 0 Å². The van der Waals surface area contributed by atoms with Crippen molar-refractivity contribution in [2.45, 2.75) is 109 Å². The molecule has 2 aliphatic carbocycles. The fourth-order valence-electron chi connectivity index (χ4n) is 3.52. The second-order valence-electron chi connectivity index (χ2n) is 10.7. The third kappa shape index (κ3) is 7.10. The van der Waals surface area contributed by atoms with Crippen LogP contribution in [-0.4, -0.2) is 62.3 Å². The molecule has 12 heteroatoms. The van der Waals surface area contributed by atoms with Gasteiger partial charge in [-0.1, -0.05) is 20.8 Å². The molecule has 0 amide bonds. The summed E-state index contributed by atoms with van der Waals surface area (Å²) in [6.07, 6.45) is -11.8. The first kappa shape index (κ1) is 31.2. The van der Waals surface area contributed by atoms with Crippen molar-refractivity contribution in [3.8, 4) is 0 Å². The van der Waals surface area contributed by atoms with Crippen molar-refractivity contribution in [3.05, 3.63) is 0 Å². The molecule has 0 aromatic carbocycles. The fraction of sp³-hybridized carbons (Fsp3) is 0.955. The Kier molecular flexibility index (Phi) is 9.75. The summed E-state index contributed by atoms with van der Waals surface area (Å²) in [6, 6.07) is 0. The highest BCUT2D eigenvalue weighted by atomic mass is 28.4. The van der Waals surface area contributed by atoms with E-state index >= 15 is 0 Å². The molecule has 0 saturated heterocycles. The number of alkyl halides is 6. The maximum Gasteiger partial charge on any atom is 0.396 e. The Morgan fingerprint density at radius 3 is 1.71 bits per heavy atom. The van der Waals surface area contributed by atoms with Crippen LogP contribution in [0.2, 0.25) is 18.1 Å². The van der Waals surface area contributed by atoms with Gasteiger partial charge in [0.2, 0.25) is 0 Å². The molecular weight excluding hydrogens is 486 g/mol. The lowest BCUT2D eigenvalue weighted by Gasteiger charge is -2.41. The molecule has 0 aromatic rings. The van der Waals surface area contributed by atoms with E-state index in [1.54, 1.807) is 6.92 Å². The monoisotopic (exact) mass is 524 g/mol. The van der Waals surface area contributed by atoms with E-state index in [4.69, 9.17) is 19.4 Å². The van der Waals surface area contributed by atoms with Gasteiger partial charge in [0.15, 0.2) is 8.32 Å². The summed E-state index contributed by atoms with van der Waals surface area (Å²) < 4.78 is 87.8. The third-order valence-corrected chi connectivity index (χ3v) is 11.7. The van der Waals surface area contributed by atoms with Gasteiger partial charge in [0.1, 0.15) is 0 Å². The van der Waals surface area contributed by atoms with Gasteiger partial charge in [0.25, 0.3) is 0 Å². The zero-order valence-electron chi connectivity index (χ0n) is 20.7. The number of carbonyl (C=O) groups excluding carboxylic acids is 1. The molecule has 2 N–H and O–H groups in total. The number of esters is 1. The first-order valence-electron chi connectivity index (χ1n) is 11.5. The molecular formula is C22H38F6O5Si. The molecule has 202 valence electrons. The van der Waals surface area contributed by atoms with Gasteiger partial charge in [-0.2, -0.15) is 26.3 Å². The lowest BCUT2D eigenvalue weighted by Crippen LogP contribution is -2.50. The van der Waals surface area contributed by atoms with E-state index in [0.29, 0.717) is 0 Å². The molecule has 34 heavy (non-hydrogen) atoms. The number of aliphatic hydroxyl groups excluding tert-OH is 2. The number of rotatable bonds is 9. The Hall–Kier alpha value is -0.853. The van der Waals surface area contributed by atoms with Crippen LogP contribution in [0.25, 0.3) is 0 Å². The second-order valence-corrected chi connectivity index (χ2v) is 15.5. The Morgan fingerprint density at radius 1 is 0.971 bits per heavy atom. The van der Waals surface area contributed by atoms with Gasteiger partial charge in [0, 0.05) is 6.61 Å². The quantitative estimate of drug-likeness (QED) is 0.228. The predicted octanol–water partition coefficient (Wildman–Crippen LogP) is 5.74. The summed E-state index contributed by atoms with van der Waals surface area (Å²) in [5.74, 6) is -0.623. The molecule has 0 heterocycles. The molecule has 0 radical (unpaired) electrons. The highest BCUT2D eigenvalue weighted by Crippen LogP contribution is 2.62. The second kappa shape index (κ2) is 10.6. The highest BCUT2D eigenvalue weighted by molar-refractivity contribution is 6.74. The zero-order chi connectivity index (χ0) is 26.8. The first-order valence-corrected chi connectivity index (χ1v) is 14.4. The van der Waals surface area contributed by atoms with Crippen LogP contribution in [0, 0.1) is 10.8 Å². The summed E-state index contributed by atoms with van der Waals surface area (Å²) in [5, 5.41) is 17.2. The first-order chi connectivity index (χ1) is 15.2. The van der Waals surface area contributed by atoms with Gasteiger partial charge in [0.05, 0.1) is 36.1 Å². The van der Waals surface area contributed by atoms with Gasteiger partial charge in [-0.3, -0.25) is 4.79 Å². The summed E-state index contributed by atoms with van der Waals surface area (Å²) in [6.45, 7) is 11.1. The average molecular weight is 525 g/mol. The normalized spacial score (nSPS) is 21.1. The number of hydrogen-bond donors (Lipinski definition) is 2. The molecule has 2 saturated carbocycles. The number of carbonyl (C=O) groups is 1. The molecule has 0 aromatic heterocycles. The molecule has 2 unspecified atom stereocenters. The van der Waals surface area contributed by atoms with Crippen LogP contribution in [0.3, 0.4) is 0 Å². The van der Waals surface area contributed by atoms with Crippen molar-refractivity contribution in [3.63, 3.8) is 0 Å². The van der Waals surface area contributed by atoms with E-state index in [9.17, 15) is 31.1 Å². The Labute approximate surface area is 198 Å². The Morgan fingerprint density at radius 2 is 1.41 bits per heavy atom. The minimum Gasteiger partial charge on any atom is -0.466 e. The summed E-state index contributed by atoms with van der Waals surface area (Å²) in [4.78, 5) is 11.7. The largest absolute Gasteiger partial charge is 0.466 e. The van der Waals surface area contributed by atoms with Crippen molar-refractivity contribution < 1.29 is 50.5 Å². The zero-order valence-corrected chi connectivity index (χ0v) is 21.7. The number of aliphatic hydroxyl groups is 2. The highest BCUT2D eigenvalue weighted by Gasteiger charge is 2.69. The van der Waals surface area contributed by atoms with Crippen LogP contribution < -0.4 is 0 Å². The predicted molar refractivity (Wildman–Crippen MR) is 116 cm³/mol. The van der Waals surface area contributed by atoms with Crippen LogP contribution in [0.15, 0.2) is 0 Å². The van der Waals surface area contributed by atoms with E-state index in [0.717, 1.165) is 0 Å². The molecule has 5 nitrogen and oxygen atoms in total. The SMILES string of the molecule is CCOC(=O)CC(O[Si](C)(C)C(C)(C)C)C1(C(F)(F)F)CC1.OCCC(O)C1(C(F)(F)F)CC1. The summed E-state index contributed by atoms with van der Waals surface area (Å²) in [5.41, 5.74) is -3.79. The summed E-state index contributed by atoms with van der Waals surface area (Å²) in [7, 11) is -2.41. The van der Waals surface area contributed by atoms with Gasteiger partial charge >= 0.3 is 18.3 Å². The van der Waals surface area contributed by atoms with Gasteiger partial charge < -0.3 is 19.4 Å². The maximum atomic E-state index is 13.4. The molecule has 0 aliphatic heterocycles. The number of ether oxygens (including phenoxy) is 1. The van der Waals surface area contributed by atoms with Crippen molar-refractivity contribution >= 4 is 14.3 Å². The van der Waals surface area contributed by atoms with E-state index < -0.39 is 56.3 Å². The van der Waals surface area contributed by atoms with Crippen LogP contribution in [0.1, 0.15) is 66.2 Å². The molecule has 0 bridgehead atoms. The lowest BCUT2D eigenvalue weighted by molar-refractivity contribution is -0.216. The van der Waals surface area contributed by atoms with E-state index in [1.165, 1.54) is 0 Å². The topological polar surface area (TPSA) is 76.0 Å².